The summed E-state index contributed by atoms with van der Waals surface area (Å²) < 4.78 is 11.8. The molecule has 0 amide bonds. The van der Waals surface area contributed by atoms with Gasteiger partial charge < -0.3 is 24.8 Å². The molecule has 4 rings (SSSR count). The van der Waals surface area contributed by atoms with E-state index < -0.39 is 52.7 Å². The van der Waals surface area contributed by atoms with Crippen LogP contribution in [0.3, 0.4) is 0 Å². The van der Waals surface area contributed by atoms with Crippen LogP contribution in [0.5, 0.6) is 0 Å². The fourth-order valence-electron chi connectivity index (χ4n) is 8.46. The lowest BCUT2D eigenvalue weighted by atomic mass is 9.63. The molecule has 8 nitrogen and oxygen atoms in total. The molecule has 0 saturated heterocycles. The number of hydrogen-bond acceptors (Lipinski definition) is 8. The zero-order valence-electron chi connectivity index (χ0n) is 25.5. The molecule has 0 aliphatic heterocycles. The van der Waals surface area contributed by atoms with Crippen LogP contribution in [0.1, 0.15) is 112 Å². The Morgan fingerprint density at radius 2 is 1.63 bits per heavy atom. The van der Waals surface area contributed by atoms with E-state index in [0.717, 1.165) is 19.3 Å². The number of aliphatic hydroxyl groups is 3. The predicted octanol–water partition coefficient (Wildman–Crippen LogP) is 4.73. The average molecular weight is 575 g/mol. The molecule has 3 N–H and O–H groups in total. The average Bonchev–Trinajstić information content (AvgIpc) is 3.35. The molecule has 7 atom stereocenters. The summed E-state index contributed by atoms with van der Waals surface area (Å²) in [6.07, 6.45) is 11.4. The molecule has 0 heterocycles. The molecule has 8 heteroatoms. The topological polar surface area (TPSA) is 130 Å². The predicted molar refractivity (Wildman–Crippen MR) is 154 cm³/mol. The zero-order chi connectivity index (χ0) is 30.2. The summed E-state index contributed by atoms with van der Waals surface area (Å²) >= 11 is 0. The van der Waals surface area contributed by atoms with Gasteiger partial charge in [-0.3, -0.25) is 14.4 Å². The summed E-state index contributed by atoms with van der Waals surface area (Å²) in [5.74, 6) is -2.39. The smallest absolute Gasteiger partial charge is 0.306 e. The lowest BCUT2D eigenvalue weighted by molar-refractivity contribution is -0.196. The number of fused-ring (bicyclic) bond motifs is 3. The first kappa shape index (κ1) is 31.9. The molecule has 0 radical (unpaired) electrons. The number of hydrogen-bond donors (Lipinski definition) is 3. The van der Waals surface area contributed by atoms with Gasteiger partial charge in [0.15, 0.2) is 17.5 Å². The van der Waals surface area contributed by atoms with Crippen LogP contribution in [-0.2, 0) is 23.9 Å². The van der Waals surface area contributed by atoms with Crippen LogP contribution >= 0.6 is 0 Å². The molecule has 0 aromatic heterocycles. The van der Waals surface area contributed by atoms with Crippen molar-refractivity contribution in [2.24, 2.45) is 22.7 Å². The second-order valence-corrected chi connectivity index (χ2v) is 13.5. The van der Waals surface area contributed by atoms with Gasteiger partial charge in [0.1, 0.15) is 11.7 Å². The molecule has 0 aromatic carbocycles. The van der Waals surface area contributed by atoms with Gasteiger partial charge in [-0.15, -0.1) is 0 Å². The van der Waals surface area contributed by atoms with Gasteiger partial charge in [-0.25, -0.2) is 0 Å². The van der Waals surface area contributed by atoms with Crippen molar-refractivity contribution in [3.05, 3.63) is 23.3 Å². The minimum absolute atomic E-state index is 0.104. The monoisotopic (exact) mass is 574 g/mol. The molecule has 4 aliphatic rings. The number of esters is 2. The molecule has 2 fully saturated rings. The summed E-state index contributed by atoms with van der Waals surface area (Å²) in [6.45, 7) is 8.50. The Morgan fingerprint density at radius 1 is 1.02 bits per heavy atom. The largest absolute Gasteiger partial charge is 0.458 e. The number of Topliss-reactive ketones (excluding diaryl/α,β-unsaturated/α-hetero) is 1. The number of ether oxygens (including phenoxy) is 2. The van der Waals surface area contributed by atoms with Gasteiger partial charge in [-0.05, 0) is 37.3 Å². The normalized spacial score (nSPS) is 36.7. The number of carbonyl (C=O) groups is 3. The zero-order valence-corrected chi connectivity index (χ0v) is 25.5. The molecule has 1 spiro atoms. The quantitative estimate of drug-likeness (QED) is 0.164. The first-order valence-electron chi connectivity index (χ1n) is 15.7. The highest BCUT2D eigenvalue weighted by Gasteiger charge is 2.82. The standard InChI is InChI=1S/C33H50O8/c1-6-7-8-9-10-11-12-13-14-15-25(36)41-32-17-16-31-19-21(2)29(40-22(3)35)33(31,39)27(37)23(20-34)18-24(28(31)38)26(32)30(32,4)5/h18-19,24,26-27,29,34,37,39H,6-17,20H2,1-5H3/t24-,26+,27+,29-,31+,32-,33-/m0/s1. The van der Waals surface area contributed by atoms with Crippen molar-refractivity contribution in [3.63, 3.8) is 0 Å². The third-order valence-corrected chi connectivity index (χ3v) is 10.7. The number of unbranched alkanes of at least 4 members (excludes halogenated alkanes) is 8. The van der Waals surface area contributed by atoms with Crippen molar-refractivity contribution < 1.29 is 39.2 Å². The van der Waals surface area contributed by atoms with Crippen LogP contribution in [0.2, 0.25) is 0 Å². The number of carbonyl (C=O) groups excluding carboxylic acids is 3. The second-order valence-electron chi connectivity index (χ2n) is 13.5. The number of aliphatic hydroxyl groups excluding tert-OH is 2. The maximum Gasteiger partial charge on any atom is 0.306 e. The first-order valence-corrected chi connectivity index (χ1v) is 15.7. The van der Waals surface area contributed by atoms with Gasteiger partial charge in [-0.2, -0.15) is 0 Å². The Kier molecular flexibility index (Phi) is 9.28. The van der Waals surface area contributed by atoms with E-state index in [-0.39, 0.29) is 29.7 Å². The Labute approximate surface area is 244 Å². The molecule has 2 bridgehead atoms. The molecule has 0 aromatic rings. The van der Waals surface area contributed by atoms with Crippen LogP contribution in [0.4, 0.5) is 0 Å². The number of rotatable bonds is 13. The summed E-state index contributed by atoms with van der Waals surface area (Å²) in [7, 11) is 0. The Morgan fingerprint density at radius 3 is 2.22 bits per heavy atom. The van der Waals surface area contributed by atoms with Crippen LogP contribution in [-0.4, -0.2) is 63.1 Å². The molecular formula is C33H50O8. The van der Waals surface area contributed by atoms with Crippen LogP contribution in [0.25, 0.3) is 0 Å². The number of ketones is 1. The van der Waals surface area contributed by atoms with Crippen LogP contribution < -0.4 is 0 Å². The lowest BCUT2D eigenvalue weighted by Crippen LogP contribution is -2.63. The summed E-state index contributed by atoms with van der Waals surface area (Å²) in [6, 6.07) is 0. The van der Waals surface area contributed by atoms with E-state index >= 15 is 0 Å². The second kappa shape index (κ2) is 11.9. The van der Waals surface area contributed by atoms with E-state index in [2.05, 4.69) is 6.92 Å². The van der Waals surface area contributed by atoms with Gasteiger partial charge in [0.2, 0.25) is 0 Å². The maximum atomic E-state index is 14.4. The minimum atomic E-state index is -2.19. The van der Waals surface area contributed by atoms with E-state index in [1.165, 1.54) is 45.4 Å². The molecule has 230 valence electrons. The van der Waals surface area contributed by atoms with E-state index in [0.29, 0.717) is 18.4 Å². The van der Waals surface area contributed by atoms with Gasteiger partial charge in [0.25, 0.3) is 0 Å². The van der Waals surface area contributed by atoms with Crippen molar-refractivity contribution >= 4 is 17.7 Å². The first-order chi connectivity index (χ1) is 19.3. The van der Waals surface area contributed by atoms with Gasteiger partial charge >= 0.3 is 11.9 Å². The van der Waals surface area contributed by atoms with Crippen molar-refractivity contribution in [1.82, 2.24) is 0 Å². The Balaban J connectivity index is 1.53. The fourth-order valence-corrected chi connectivity index (χ4v) is 8.46. The van der Waals surface area contributed by atoms with Gasteiger partial charge in [-0.1, -0.05) is 84.3 Å². The third-order valence-electron chi connectivity index (χ3n) is 10.7. The van der Waals surface area contributed by atoms with Gasteiger partial charge in [0, 0.05) is 30.6 Å². The Hall–Kier alpha value is -2.03. The molecule has 2 saturated carbocycles. The van der Waals surface area contributed by atoms with E-state index in [1.807, 2.05) is 13.8 Å². The third kappa shape index (κ3) is 5.12. The molecule has 0 unspecified atom stereocenters. The molecular weight excluding hydrogens is 524 g/mol. The summed E-state index contributed by atoms with van der Waals surface area (Å²) in [5, 5.41) is 33.9. The summed E-state index contributed by atoms with van der Waals surface area (Å²) in [4.78, 5) is 39.6. The fraction of sp³-hybridized carbons (Fsp3) is 0.788. The SMILES string of the molecule is CCCCCCCCCCCC(=O)O[C@@]12CC[C@]34C=C(C)[C@H](OC(C)=O)[C@@]3(O)[C@H](O)C(CO)=C[C@H](C4=O)[C@@H]1C2(C)C. The van der Waals surface area contributed by atoms with Crippen LogP contribution in [0.15, 0.2) is 23.3 Å². The van der Waals surface area contributed by atoms with Crippen molar-refractivity contribution in [2.75, 3.05) is 6.61 Å². The van der Waals surface area contributed by atoms with Gasteiger partial charge in [0.05, 0.1) is 12.0 Å². The molecule has 4 aliphatic carbocycles. The van der Waals surface area contributed by atoms with Crippen molar-refractivity contribution in [2.45, 2.75) is 135 Å². The van der Waals surface area contributed by atoms with Crippen LogP contribution in [0, 0.1) is 22.7 Å². The van der Waals surface area contributed by atoms with E-state index in [9.17, 15) is 29.7 Å². The highest BCUT2D eigenvalue weighted by atomic mass is 16.6. The molecule has 41 heavy (non-hydrogen) atoms. The van der Waals surface area contributed by atoms with Crippen molar-refractivity contribution in [3.8, 4) is 0 Å². The highest BCUT2D eigenvalue weighted by Crippen LogP contribution is 2.74. The summed E-state index contributed by atoms with van der Waals surface area (Å²) in [5.41, 5.74) is -4.60. The lowest BCUT2D eigenvalue weighted by Gasteiger charge is -2.46. The van der Waals surface area contributed by atoms with E-state index in [1.54, 1.807) is 19.1 Å². The van der Waals surface area contributed by atoms with Crippen molar-refractivity contribution in [1.29, 1.82) is 0 Å². The maximum absolute atomic E-state index is 14.4. The number of allylic oxidation sites excluding steroid dienone is 1. The highest BCUT2D eigenvalue weighted by molar-refractivity contribution is 5.95. The minimum Gasteiger partial charge on any atom is -0.458 e. The van der Waals surface area contributed by atoms with E-state index in [4.69, 9.17) is 9.47 Å². The Bertz CT molecular complexity index is 1090.